The first-order valence-corrected chi connectivity index (χ1v) is 4.33. The summed E-state index contributed by atoms with van der Waals surface area (Å²) in [5.41, 5.74) is 0.346. The van der Waals surface area contributed by atoms with E-state index in [-0.39, 0.29) is 12.3 Å². The third-order valence-corrected chi connectivity index (χ3v) is 1.79. The molecule has 0 amide bonds. The van der Waals surface area contributed by atoms with Gasteiger partial charge in [0.1, 0.15) is 6.61 Å². The van der Waals surface area contributed by atoms with Crippen LogP contribution >= 0.6 is 0 Å². The summed E-state index contributed by atoms with van der Waals surface area (Å²) in [6.45, 7) is 1.46. The van der Waals surface area contributed by atoms with E-state index in [1.54, 1.807) is 25.0 Å². The Morgan fingerprint density at radius 1 is 1.53 bits per heavy atom. The molecule has 0 aliphatic heterocycles. The van der Waals surface area contributed by atoms with Gasteiger partial charge in [-0.2, -0.15) is 0 Å². The Morgan fingerprint density at radius 2 is 2.20 bits per heavy atom. The number of hydrogen-bond donors (Lipinski definition) is 0. The first-order valence-electron chi connectivity index (χ1n) is 4.33. The third kappa shape index (κ3) is 3.09. The molecule has 0 bridgehead atoms. The summed E-state index contributed by atoms with van der Waals surface area (Å²) in [5, 5.41) is 10.6. The van der Waals surface area contributed by atoms with Gasteiger partial charge in [-0.05, 0) is 6.07 Å². The van der Waals surface area contributed by atoms with Crippen LogP contribution in [0.5, 0.6) is 0 Å². The van der Waals surface area contributed by atoms with Crippen LogP contribution in [0.4, 0.5) is 10.5 Å². The van der Waals surface area contributed by atoms with Crippen molar-refractivity contribution in [3.8, 4) is 0 Å². The van der Waals surface area contributed by atoms with E-state index in [1.165, 1.54) is 13.3 Å². The van der Waals surface area contributed by atoms with Crippen molar-refractivity contribution in [3.05, 3.63) is 39.9 Å². The normalized spacial score (nSPS) is 9.40. The van der Waals surface area contributed by atoms with Crippen molar-refractivity contribution in [2.45, 2.75) is 13.4 Å². The highest BCUT2D eigenvalue weighted by atomic mass is 16.6. The van der Waals surface area contributed by atoms with Gasteiger partial charge in [0.15, 0.2) is 0 Å². The number of ether oxygens (including phenoxy) is 1. The minimum atomic E-state index is -0.501. The van der Waals surface area contributed by atoms with E-state index < -0.39 is 10.8 Å². The quantitative estimate of drug-likeness (QED) is 0.429. The molecule has 1 aromatic rings. The Kier molecular flexibility index (Phi) is 3.85. The summed E-state index contributed by atoms with van der Waals surface area (Å²) in [7, 11) is 1.26. The maximum Gasteiger partial charge on any atom is 0.276 e. The second-order valence-corrected chi connectivity index (χ2v) is 2.78. The zero-order valence-corrected chi connectivity index (χ0v) is 8.17. The van der Waals surface area contributed by atoms with Crippen LogP contribution in [0, 0.1) is 10.1 Å². The van der Waals surface area contributed by atoms with Gasteiger partial charge in [0.05, 0.1) is 10.5 Å². The fourth-order valence-corrected chi connectivity index (χ4v) is 1.04. The van der Waals surface area contributed by atoms with Crippen molar-refractivity contribution in [1.29, 1.82) is 0 Å². The number of carbonyl (C=O) groups excluding carboxylic acids is 1. The van der Waals surface area contributed by atoms with Crippen LogP contribution in [0.25, 0.3) is 0 Å². The van der Waals surface area contributed by atoms with Crippen LogP contribution in [-0.4, -0.2) is 18.1 Å². The Hall–Kier alpha value is -1.85. The van der Waals surface area contributed by atoms with Gasteiger partial charge in [0, 0.05) is 6.07 Å². The Morgan fingerprint density at radius 3 is 2.80 bits per heavy atom. The molecule has 6 heteroatoms. The lowest BCUT2D eigenvalue weighted by atomic mass is 9.83. The SMILES string of the molecule is C[B]C(=O)OCc1ccccc1[N+](=O)[O-]. The molecule has 1 aromatic carbocycles. The van der Waals surface area contributed by atoms with Crippen molar-refractivity contribution in [1.82, 2.24) is 0 Å². The molecule has 0 saturated carbocycles. The standard InChI is InChI=1S/C9H9BNO4/c1-10-9(12)15-6-7-4-2-3-5-8(7)11(13)14/h2-5H,6H2,1H3. The van der Waals surface area contributed by atoms with Crippen molar-refractivity contribution in [2.24, 2.45) is 0 Å². The first kappa shape index (κ1) is 11.2. The lowest BCUT2D eigenvalue weighted by Gasteiger charge is -2.03. The van der Waals surface area contributed by atoms with E-state index in [0.29, 0.717) is 5.56 Å². The second-order valence-electron chi connectivity index (χ2n) is 2.78. The highest BCUT2D eigenvalue weighted by Crippen LogP contribution is 2.18. The van der Waals surface area contributed by atoms with Crippen LogP contribution < -0.4 is 0 Å². The van der Waals surface area contributed by atoms with Gasteiger partial charge in [-0.3, -0.25) is 14.9 Å². The summed E-state index contributed by atoms with van der Waals surface area (Å²) < 4.78 is 4.77. The smallest absolute Gasteiger partial charge is 0.276 e. The number of benzene rings is 1. The largest absolute Gasteiger partial charge is 0.469 e. The number of nitrogens with zero attached hydrogens (tertiary/aromatic N) is 1. The number of nitro benzene ring substituents is 1. The molecule has 77 valence electrons. The molecule has 0 aliphatic carbocycles. The average Bonchev–Trinajstić information content (AvgIpc) is 2.26. The zero-order chi connectivity index (χ0) is 11.3. The van der Waals surface area contributed by atoms with E-state index in [4.69, 9.17) is 4.74 Å². The van der Waals surface area contributed by atoms with Gasteiger partial charge in [-0.25, -0.2) is 0 Å². The Labute approximate surface area is 87.4 Å². The molecular weight excluding hydrogens is 197 g/mol. The molecule has 15 heavy (non-hydrogen) atoms. The lowest BCUT2D eigenvalue weighted by molar-refractivity contribution is -0.385. The molecule has 0 atom stereocenters. The topological polar surface area (TPSA) is 69.4 Å². The average molecular weight is 206 g/mol. The van der Waals surface area contributed by atoms with Crippen molar-refractivity contribution in [3.63, 3.8) is 0 Å². The van der Waals surface area contributed by atoms with Crippen molar-refractivity contribution in [2.75, 3.05) is 0 Å². The lowest BCUT2D eigenvalue weighted by Crippen LogP contribution is -2.08. The van der Waals surface area contributed by atoms with E-state index in [1.807, 2.05) is 0 Å². The van der Waals surface area contributed by atoms with Crippen LogP contribution in [0.15, 0.2) is 24.3 Å². The summed E-state index contributed by atoms with van der Waals surface area (Å²) in [5.74, 6) is -0.492. The molecule has 0 aliphatic rings. The molecule has 5 nitrogen and oxygen atoms in total. The van der Waals surface area contributed by atoms with Crippen LogP contribution in [0.1, 0.15) is 5.56 Å². The van der Waals surface area contributed by atoms with E-state index in [9.17, 15) is 14.9 Å². The monoisotopic (exact) mass is 206 g/mol. The molecule has 1 rings (SSSR count). The minimum Gasteiger partial charge on any atom is -0.469 e. The first-order chi connectivity index (χ1) is 7.15. The summed E-state index contributed by atoms with van der Waals surface area (Å²) in [4.78, 5) is 20.9. The van der Waals surface area contributed by atoms with Gasteiger partial charge in [0.25, 0.3) is 13.0 Å². The molecule has 0 fully saturated rings. The van der Waals surface area contributed by atoms with Crippen LogP contribution in [-0.2, 0) is 11.3 Å². The van der Waals surface area contributed by atoms with Crippen molar-refractivity contribution >= 4 is 18.8 Å². The van der Waals surface area contributed by atoms with Crippen LogP contribution in [0.2, 0.25) is 6.82 Å². The van der Waals surface area contributed by atoms with E-state index in [0.717, 1.165) is 0 Å². The number of para-hydroxylation sites is 1. The van der Waals surface area contributed by atoms with Crippen molar-refractivity contribution < 1.29 is 14.5 Å². The number of nitro groups is 1. The molecule has 0 aromatic heterocycles. The predicted molar refractivity (Wildman–Crippen MR) is 54.9 cm³/mol. The molecule has 1 radical (unpaired) electrons. The second kappa shape index (κ2) is 5.14. The Balaban J connectivity index is 2.76. The predicted octanol–water partition coefficient (Wildman–Crippen LogP) is 1.98. The minimum absolute atomic E-state index is 0.0404. The fraction of sp³-hybridized carbons (Fsp3) is 0.222. The van der Waals surface area contributed by atoms with Gasteiger partial charge in [0.2, 0.25) is 5.87 Å². The molecule has 0 spiro atoms. The van der Waals surface area contributed by atoms with Gasteiger partial charge >= 0.3 is 0 Å². The molecule has 0 unspecified atom stereocenters. The maximum absolute atomic E-state index is 10.8. The Bertz CT molecular complexity index is 380. The number of carbonyl (C=O) groups is 1. The molecular formula is C9H9BNO4. The third-order valence-electron chi connectivity index (χ3n) is 1.79. The fourth-order valence-electron chi connectivity index (χ4n) is 1.04. The number of hydrogen-bond acceptors (Lipinski definition) is 4. The summed E-state index contributed by atoms with van der Waals surface area (Å²) in [6, 6.07) is 6.15. The highest BCUT2D eigenvalue weighted by Gasteiger charge is 2.13. The van der Waals surface area contributed by atoms with E-state index in [2.05, 4.69) is 0 Å². The molecule has 0 saturated heterocycles. The van der Waals surface area contributed by atoms with Crippen LogP contribution in [0.3, 0.4) is 0 Å². The van der Waals surface area contributed by atoms with E-state index >= 15 is 0 Å². The zero-order valence-electron chi connectivity index (χ0n) is 8.17. The molecule has 0 heterocycles. The van der Waals surface area contributed by atoms with Gasteiger partial charge in [-0.1, -0.05) is 19.0 Å². The van der Waals surface area contributed by atoms with Gasteiger partial charge < -0.3 is 4.74 Å². The summed E-state index contributed by atoms with van der Waals surface area (Å²) in [6.07, 6.45) is 0. The highest BCUT2D eigenvalue weighted by molar-refractivity contribution is 6.70. The molecule has 0 N–H and O–H groups in total. The number of rotatable bonds is 4. The van der Waals surface area contributed by atoms with Gasteiger partial charge in [-0.15, -0.1) is 0 Å². The summed E-state index contributed by atoms with van der Waals surface area (Å²) >= 11 is 0. The maximum atomic E-state index is 10.8.